The van der Waals surface area contributed by atoms with Crippen LogP contribution < -0.4 is 0 Å². The van der Waals surface area contributed by atoms with Gasteiger partial charge in [-0.3, -0.25) is 0 Å². The molecule has 0 aromatic rings. The van der Waals surface area contributed by atoms with Crippen LogP contribution >= 0.6 is 0 Å². The maximum atomic E-state index is 5.14. The number of hydrogen-bond acceptors (Lipinski definition) is 1. The topological polar surface area (TPSA) is 9.23 Å². The Hall–Kier alpha value is -0.460. The fraction of sp³-hybridized carbons (Fsp3) is 0.778. The molecule has 0 saturated heterocycles. The number of hydrogen-bond donors (Lipinski definition) is 0. The van der Waals surface area contributed by atoms with Gasteiger partial charge in [0.1, 0.15) is 0 Å². The summed E-state index contributed by atoms with van der Waals surface area (Å²) in [7, 11) is 0. The smallest absolute Gasteiger partial charge is 0.0926 e. The standard InChI is InChI=1S/C9H18O/c1-5-9(4,6-2)8-10-7-3/h7H,3,5-6,8H2,1-2,4H3. The first-order chi connectivity index (χ1) is 4.68. The Morgan fingerprint density at radius 1 is 1.40 bits per heavy atom. The van der Waals surface area contributed by atoms with Crippen LogP contribution in [0.15, 0.2) is 12.8 Å². The molecule has 1 heteroatoms. The van der Waals surface area contributed by atoms with Crippen LogP contribution in [-0.2, 0) is 4.74 Å². The number of rotatable bonds is 5. The van der Waals surface area contributed by atoms with Gasteiger partial charge in [0.05, 0.1) is 12.9 Å². The highest BCUT2D eigenvalue weighted by Crippen LogP contribution is 2.25. The summed E-state index contributed by atoms with van der Waals surface area (Å²) in [6, 6.07) is 0. The molecule has 0 aliphatic carbocycles. The van der Waals surface area contributed by atoms with Gasteiger partial charge < -0.3 is 4.74 Å². The summed E-state index contributed by atoms with van der Waals surface area (Å²) in [5, 5.41) is 0. The second-order valence-corrected chi connectivity index (χ2v) is 3.00. The fourth-order valence-electron chi connectivity index (χ4n) is 0.714. The summed E-state index contributed by atoms with van der Waals surface area (Å²) in [4.78, 5) is 0. The van der Waals surface area contributed by atoms with E-state index >= 15 is 0 Å². The Morgan fingerprint density at radius 2 is 1.90 bits per heavy atom. The van der Waals surface area contributed by atoms with E-state index in [1.807, 2.05) is 0 Å². The van der Waals surface area contributed by atoms with E-state index in [0.29, 0.717) is 5.41 Å². The predicted octanol–water partition coefficient (Wildman–Crippen LogP) is 2.97. The molecule has 0 aromatic carbocycles. The zero-order chi connectivity index (χ0) is 8.04. The molecule has 0 radical (unpaired) electrons. The minimum absolute atomic E-state index is 0.341. The molecular weight excluding hydrogens is 124 g/mol. The summed E-state index contributed by atoms with van der Waals surface area (Å²) in [6.45, 7) is 10.9. The summed E-state index contributed by atoms with van der Waals surface area (Å²) >= 11 is 0. The van der Waals surface area contributed by atoms with Gasteiger partial charge in [-0.05, 0) is 12.8 Å². The lowest BCUT2D eigenvalue weighted by atomic mass is 9.86. The Morgan fingerprint density at radius 3 is 2.20 bits per heavy atom. The predicted molar refractivity (Wildman–Crippen MR) is 44.8 cm³/mol. The van der Waals surface area contributed by atoms with Gasteiger partial charge in [-0.2, -0.15) is 0 Å². The van der Waals surface area contributed by atoms with Gasteiger partial charge >= 0.3 is 0 Å². The monoisotopic (exact) mass is 142 g/mol. The lowest BCUT2D eigenvalue weighted by molar-refractivity contribution is 0.115. The van der Waals surface area contributed by atoms with Crippen molar-refractivity contribution in [3.05, 3.63) is 12.8 Å². The molecule has 0 amide bonds. The highest BCUT2D eigenvalue weighted by atomic mass is 16.5. The van der Waals surface area contributed by atoms with Gasteiger partial charge in [-0.25, -0.2) is 0 Å². The Kier molecular flexibility index (Phi) is 4.17. The Balaban J connectivity index is 3.68. The maximum absolute atomic E-state index is 5.14. The minimum Gasteiger partial charge on any atom is -0.501 e. The van der Waals surface area contributed by atoms with E-state index in [1.165, 1.54) is 6.26 Å². The molecule has 1 nitrogen and oxygen atoms in total. The average Bonchev–Trinajstić information content (AvgIpc) is 2.00. The van der Waals surface area contributed by atoms with Crippen molar-refractivity contribution in [3.8, 4) is 0 Å². The van der Waals surface area contributed by atoms with Crippen molar-refractivity contribution < 1.29 is 4.74 Å². The van der Waals surface area contributed by atoms with E-state index < -0.39 is 0 Å². The van der Waals surface area contributed by atoms with Crippen LogP contribution in [0, 0.1) is 5.41 Å². The Labute approximate surface area is 64.1 Å². The molecule has 0 heterocycles. The first kappa shape index (κ1) is 9.54. The molecule has 0 bridgehead atoms. The van der Waals surface area contributed by atoms with Crippen LogP contribution in [0.25, 0.3) is 0 Å². The molecule has 0 aliphatic heterocycles. The van der Waals surface area contributed by atoms with Gasteiger partial charge in [-0.15, -0.1) is 0 Å². The van der Waals surface area contributed by atoms with Crippen molar-refractivity contribution in [2.45, 2.75) is 33.6 Å². The lowest BCUT2D eigenvalue weighted by Crippen LogP contribution is -2.19. The van der Waals surface area contributed by atoms with Crippen LogP contribution in [-0.4, -0.2) is 6.61 Å². The summed E-state index contributed by atoms with van der Waals surface area (Å²) in [5.41, 5.74) is 0.341. The summed E-state index contributed by atoms with van der Waals surface area (Å²) < 4.78 is 5.14. The van der Waals surface area contributed by atoms with Gasteiger partial charge in [0.15, 0.2) is 0 Å². The molecule has 0 aliphatic rings. The first-order valence-corrected chi connectivity index (χ1v) is 3.91. The van der Waals surface area contributed by atoms with E-state index in [0.717, 1.165) is 19.4 Å². The van der Waals surface area contributed by atoms with Crippen molar-refractivity contribution in [2.75, 3.05) is 6.61 Å². The molecule has 0 fully saturated rings. The molecule has 0 rings (SSSR count). The maximum Gasteiger partial charge on any atom is 0.0926 e. The largest absolute Gasteiger partial charge is 0.501 e. The van der Waals surface area contributed by atoms with Gasteiger partial charge in [0.25, 0.3) is 0 Å². The molecule has 0 spiro atoms. The van der Waals surface area contributed by atoms with Crippen LogP contribution in [0.2, 0.25) is 0 Å². The van der Waals surface area contributed by atoms with E-state index in [4.69, 9.17) is 4.74 Å². The van der Waals surface area contributed by atoms with E-state index in [9.17, 15) is 0 Å². The zero-order valence-corrected chi connectivity index (χ0v) is 7.31. The highest BCUT2D eigenvalue weighted by Gasteiger charge is 2.19. The molecule has 0 N–H and O–H groups in total. The summed E-state index contributed by atoms with van der Waals surface area (Å²) in [6.07, 6.45) is 3.85. The van der Waals surface area contributed by atoms with E-state index in [1.54, 1.807) is 0 Å². The van der Waals surface area contributed by atoms with Crippen LogP contribution in [0.3, 0.4) is 0 Å². The first-order valence-electron chi connectivity index (χ1n) is 3.91. The van der Waals surface area contributed by atoms with Crippen LogP contribution in [0.4, 0.5) is 0 Å². The number of ether oxygens (including phenoxy) is 1. The highest BCUT2D eigenvalue weighted by molar-refractivity contribution is 4.70. The summed E-state index contributed by atoms with van der Waals surface area (Å²) in [5.74, 6) is 0. The van der Waals surface area contributed by atoms with Crippen molar-refractivity contribution in [1.29, 1.82) is 0 Å². The van der Waals surface area contributed by atoms with Gasteiger partial charge in [0, 0.05) is 5.41 Å². The van der Waals surface area contributed by atoms with Crippen molar-refractivity contribution in [1.82, 2.24) is 0 Å². The second-order valence-electron chi connectivity index (χ2n) is 3.00. The van der Waals surface area contributed by atoms with Crippen LogP contribution in [0.1, 0.15) is 33.6 Å². The molecular formula is C9H18O. The average molecular weight is 142 g/mol. The Bertz CT molecular complexity index is 92.9. The van der Waals surface area contributed by atoms with Gasteiger partial charge in [-0.1, -0.05) is 27.4 Å². The second kappa shape index (κ2) is 4.37. The molecule has 60 valence electrons. The quantitative estimate of drug-likeness (QED) is 0.536. The fourth-order valence-corrected chi connectivity index (χ4v) is 0.714. The third-order valence-corrected chi connectivity index (χ3v) is 2.26. The van der Waals surface area contributed by atoms with Crippen LogP contribution in [0.5, 0.6) is 0 Å². The molecule has 0 aromatic heterocycles. The third-order valence-electron chi connectivity index (χ3n) is 2.26. The van der Waals surface area contributed by atoms with Crippen molar-refractivity contribution >= 4 is 0 Å². The molecule has 0 atom stereocenters. The molecule has 10 heavy (non-hydrogen) atoms. The van der Waals surface area contributed by atoms with E-state index in [2.05, 4.69) is 27.4 Å². The molecule has 0 unspecified atom stereocenters. The third kappa shape index (κ3) is 2.90. The van der Waals surface area contributed by atoms with E-state index in [-0.39, 0.29) is 0 Å². The normalized spacial score (nSPS) is 11.1. The van der Waals surface area contributed by atoms with Gasteiger partial charge in [0.2, 0.25) is 0 Å². The minimum atomic E-state index is 0.341. The SMILES string of the molecule is C=COCC(C)(CC)CC. The zero-order valence-electron chi connectivity index (χ0n) is 7.31. The van der Waals surface area contributed by atoms with Crippen molar-refractivity contribution in [2.24, 2.45) is 5.41 Å². The van der Waals surface area contributed by atoms with Crippen molar-refractivity contribution in [3.63, 3.8) is 0 Å². The lowest BCUT2D eigenvalue weighted by Gasteiger charge is -2.25. The molecule has 0 saturated carbocycles.